The van der Waals surface area contributed by atoms with Crippen LogP contribution in [-0.4, -0.2) is 63.6 Å². The van der Waals surface area contributed by atoms with Crippen molar-refractivity contribution in [2.24, 2.45) is 5.92 Å². The van der Waals surface area contributed by atoms with Crippen LogP contribution in [0.5, 0.6) is 0 Å². The van der Waals surface area contributed by atoms with Crippen molar-refractivity contribution in [2.75, 3.05) is 42.9 Å². The number of anilines is 2. The molecule has 4 rings (SSSR count). The van der Waals surface area contributed by atoms with E-state index in [0.717, 1.165) is 44.0 Å². The van der Waals surface area contributed by atoms with Gasteiger partial charge in [-0.15, -0.1) is 0 Å². The summed E-state index contributed by atoms with van der Waals surface area (Å²) in [5.74, 6) is 2.49. The molecule has 2 aromatic heterocycles. The molecule has 1 aliphatic carbocycles. The van der Waals surface area contributed by atoms with Gasteiger partial charge in [0.05, 0.1) is 0 Å². The van der Waals surface area contributed by atoms with Gasteiger partial charge >= 0.3 is 0 Å². The molecule has 0 atom stereocenters. The summed E-state index contributed by atoms with van der Waals surface area (Å²) in [5, 5.41) is 3.48. The second-order valence-corrected chi connectivity index (χ2v) is 7.60. The fraction of sp³-hybridized carbons (Fsp3) is 0.600. The van der Waals surface area contributed by atoms with Crippen LogP contribution in [-0.2, 0) is 0 Å². The highest BCUT2D eigenvalue weighted by atomic mass is 15.3. The van der Waals surface area contributed by atoms with Crippen molar-refractivity contribution < 1.29 is 0 Å². The Kier molecular flexibility index (Phi) is 6.09. The van der Waals surface area contributed by atoms with E-state index in [9.17, 15) is 0 Å². The van der Waals surface area contributed by atoms with Gasteiger partial charge in [0.25, 0.3) is 0 Å². The molecule has 0 aromatic carbocycles. The van der Waals surface area contributed by atoms with E-state index in [0.29, 0.717) is 6.04 Å². The highest BCUT2D eigenvalue weighted by molar-refractivity contribution is 5.29. The summed E-state index contributed by atoms with van der Waals surface area (Å²) in [5.41, 5.74) is 0. The highest BCUT2D eigenvalue weighted by Gasteiger charge is 2.23. The zero-order chi connectivity index (χ0) is 18.3. The maximum Gasteiger partial charge on any atom is 0.225 e. The van der Waals surface area contributed by atoms with Gasteiger partial charge in [0, 0.05) is 57.0 Å². The molecule has 27 heavy (non-hydrogen) atoms. The van der Waals surface area contributed by atoms with Gasteiger partial charge in [0.15, 0.2) is 0 Å². The fourth-order valence-corrected chi connectivity index (χ4v) is 4.14. The first-order valence-electron chi connectivity index (χ1n) is 10.1. The van der Waals surface area contributed by atoms with Crippen LogP contribution < -0.4 is 10.2 Å². The molecule has 7 nitrogen and oxygen atoms in total. The third-order valence-electron chi connectivity index (χ3n) is 5.81. The molecule has 2 aliphatic rings. The summed E-state index contributed by atoms with van der Waals surface area (Å²) >= 11 is 0. The average Bonchev–Trinajstić information content (AvgIpc) is 2.75. The number of piperazine rings is 1. The Morgan fingerprint density at radius 2 is 1.44 bits per heavy atom. The van der Waals surface area contributed by atoms with E-state index in [4.69, 9.17) is 0 Å². The molecule has 2 aromatic rings. The minimum Gasteiger partial charge on any atom is -0.351 e. The minimum atomic E-state index is 0.526. The summed E-state index contributed by atoms with van der Waals surface area (Å²) in [4.78, 5) is 22.2. The topological polar surface area (TPSA) is 70.1 Å². The maximum absolute atomic E-state index is 4.37. The summed E-state index contributed by atoms with van der Waals surface area (Å²) in [6, 6.07) is 4.25. The molecule has 2 fully saturated rings. The largest absolute Gasteiger partial charge is 0.351 e. The van der Waals surface area contributed by atoms with Crippen LogP contribution in [0.25, 0.3) is 0 Å². The summed E-state index contributed by atoms with van der Waals surface area (Å²) in [7, 11) is 0. The number of rotatable bonds is 6. The normalized spacial score (nSPS) is 23.9. The van der Waals surface area contributed by atoms with Gasteiger partial charge in [0.2, 0.25) is 11.9 Å². The fourth-order valence-electron chi connectivity index (χ4n) is 4.14. The van der Waals surface area contributed by atoms with Crippen molar-refractivity contribution in [2.45, 2.75) is 38.1 Å². The third kappa shape index (κ3) is 5.13. The zero-order valence-electron chi connectivity index (χ0n) is 15.9. The van der Waals surface area contributed by atoms with Crippen LogP contribution in [0.2, 0.25) is 0 Å². The molecule has 144 valence electrons. The first kappa shape index (κ1) is 18.1. The van der Waals surface area contributed by atoms with E-state index in [1.165, 1.54) is 38.6 Å². The molecule has 7 heteroatoms. The molecule has 0 radical (unpaired) electrons. The second kappa shape index (κ2) is 9.08. The maximum atomic E-state index is 4.37. The number of hydrogen-bond donors (Lipinski definition) is 1. The summed E-state index contributed by atoms with van der Waals surface area (Å²) < 4.78 is 0. The standard InChI is InChI=1S/C20H29N7/c1-8-21-19(22-9-1)25-18-5-3-17(4-6-18)7-12-26-13-15-27(16-14-26)20-23-10-2-11-24-20/h1-2,8-11,17-18H,3-7,12-16H2,(H,21,22,25). The zero-order valence-corrected chi connectivity index (χ0v) is 15.9. The number of hydrogen-bond acceptors (Lipinski definition) is 7. The van der Waals surface area contributed by atoms with E-state index < -0.39 is 0 Å². The van der Waals surface area contributed by atoms with Gasteiger partial charge in [-0.25, -0.2) is 19.9 Å². The SMILES string of the molecule is c1cnc(NC2CCC(CCN3CCN(c4ncccn4)CC3)CC2)nc1. The van der Waals surface area contributed by atoms with E-state index in [2.05, 4.69) is 35.1 Å². The average molecular weight is 368 g/mol. The van der Waals surface area contributed by atoms with E-state index in [1.807, 2.05) is 24.5 Å². The third-order valence-corrected chi connectivity index (χ3v) is 5.81. The predicted octanol–water partition coefficient (Wildman–Crippen LogP) is 2.45. The minimum absolute atomic E-state index is 0.526. The second-order valence-electron chi connectivity index (χ2n) is 7.60. The van der Waals surface area contributed by atoms with Crippen LogP contribution >= 0.6 is 0 Å². The molecule has 1 saturated heterocycles. The number of aromatic nitrogens is 4. The molecule has 1 saturated carbocycles. The monoisotopic (exact) mass is 367 g/mol. The lowest BCUT2D eigenvalue weighted by Crippen LogP contribution is -2.47. The number of nitrogens with one attached hydrogen (secondary N) is 1. The molecule has 0 spiro atoms. The van der Waals surface area contributed by atoms with Crippen LogP contribution in [0, 0.1) is 5.92 Å². The lowest BCUT2D eigenvalue weighted by Gasteiger charge is -2.36. The number of nitrogens with zero attached hydrogens (tertiary/aromatic N) is 6. The molecule has 0 bridgehead atoms. The molecular formula is C20H29N7. The van der Waals surface area contributed by atoms with Gasteiger partial charge in [-0.1, -0.05) is 0 Å². The van der Waals surface area contributed by atoms with Crippen LogP contribution in [0.15, 0.2) is 36.9 Å². The Morgan fingerprint density at radius 1 is 0.815 bits per heavy atom. The lowest BCUT2D eigenvalue weighted by atomic mass is 9.84. The van der Waals surface area contributed by atoms with E-state index in [1.54, 1.807) is 12.4 Å². The molecule has 0 unspecified atom stereocenters. The van der Waals surface area contributed by atoms with Crippen molar-refractivity contribution in [1.82, 2.24) is 24.8 Å². The Bertz CT molecular complexity index is 665. The summed E-state index contributed by atoms with van der Waals surface area (Å²) in [6.07, 6.45) is 13.6. The van der Waals surface area contributed by atoms with Gasteiger partial charge in [-0.2, -0.15) is 0 Å². The lowest BCUT2D eigenvalue weighted by molar-refractivity contribution is 0.218. The van der Waals surface area contributed by atoms with Crippen LogP contribution in [0.4, 0.5) is 11.9 Å². The molecular weight excluding hydrogens is 338 g/mol. The smallest absolute Gasteiger partial charge is 0.225 e. The van der Waals surface area contributed by atoms with Crippen molar-refractivity contribution in [3.8, 4) is 0 Å². The molecule has 3 heterocycles. The predicted molar refractivity (Wildman–Crippen MR) is 107 cm³/mol. The van der Waals surface area contributed by atoms with E-state index in [-0.39, 0.29) is 0 Å². The summed E-state index contributed by atoms with van der Waals surface area (Å²) in [6.45, 7) is 5.49. The van der Waals surface area contributed by atoms with Crippen molar-refractivity contribution >= 4 is 11.9 Å². The first-order chi connectivity index (χ1) is 13.4. The molecule has 1 N–H and O–H groups in total. The van der Waals surface area contributed by atoms with Crippen LogP contribution in [0.1, 0.15) is 32.1 Å². The van der Waals surface area contributed by atoms with Gasteiger partial charge < -0.3 is 10.2 Å². The Morgan fingerprint density at radius 3 is 2.11 bits per heavy atom. The van der Waals surface area contributed by atoms with Crippen molar-refractivity contribution in [3.63, 3.8) is 0 Å². The highest BCUT2D eigenvalue weighted by Crippen LogP contribution is 2.28. The van der Waals surface area contributed by atoms with Gasteiger partial charge in [-0.3, -0.25) is 4.90 Å². The molecule has 1 aliphatic heterocycles. The van der Waals surface area contributed by atoms with Gasteiger partial charge in [-0.05, 0) is 56.7 Å². The van der Waals surface area contributed by atoms with Crippen molar-refractivity contribution in [1.29, 1.82) is 0 Å². The Hall–Kier alpha value is -2.28. The molecule has 0 amide bonds. The Labute approximate surface area is 161 Å². The van der Waals surface area contributed by atoms with Crippen LogP contribution in [0.3, 0.4) is 0 Å². The van der Waals surface area contributed by atoms with Gasteiger partial charge in [0.1, 0.15) is 0 Å². The quantitative estimate of drug-likeness (QED) is 0.841. The Balaban J connectivity index is 1.14. The van der Waals surface area contributed by atoms with Crippen molar-refractivity contribution in [3.05, 3.63) is 36.9 Å². The first-order valence-corrected chi connectivity index (χ1v) is 10.1. The van der Waals surface area contributed by atoms with E-state index >= 15 is 0 Å².